The quantitative estimate of drug-likeness (QED) is 0.276. The number of rotatable bonds is 3. The fraction of sp³-hybridized carbons (Fsp3) is 0.129. The third-order valence-corrected chi connectivity index (χ3v) is 6.28. The summed E-state index contributed by atoms with van der Waals surface area (Å²) in [7, 11) is 0. The molecule has 0 radical (unpaired) electrons. The Morgan fingerprint density at radius 2 is 1.26 bits per heavy atom. The summed E-state index contributed by atoms with van der Waals surface area (Å²) in [6, 6.07) is 29.6. The standard InChI is InChI=1S/C31H27NO2/c1-31(2,3)25-14-8-11-22(30(25)34)19-32-26-17-15-20-9-4-6-12-23(20)28(26)29-24-13-7-5-10-21(24)16-18-27(29)33/h4-19,33-34H,1-3H3. The second-order valence-corrected chi connectivity index (χ2v) is 9.61. The highest BCUT2D eigenvalue weighted by molar-refractivity contribution is 6.11. The Morgan fingerprint density at radius 1 is 0.647 bits per heavy atom. The molecule has 168 valence electrons. The molecule has 0 fully saturated rings. The Labute approximate surface area is 199 Å². The van der Waals surface area contributed by atoms with Crippen LogP contribution < -0.4 is 0 Å². The minimum absolute atomic E-state index is 0.184. The molecule has 0 saturated heterocycles. The van der Waals surface area contributed by atoms with Crippen molar-refractivity contribution in [3.63, 3.8) is 0 Å². The van der Waals surface area contributed by atoms with Crippen LogP contribution in [0, 0.1) is 0 Å². The van der Waals surface area contributed by atoms with Crippen LogP contribution in [0.15, 0.2) is 96.0 Å². The lowest BCUT2D eigenvalue weighted by Gasteiger charge is -2.21. The summed E-state index contributed by atoms with van der Waals surface area (Å²) in [6.45, 7) is 6.23. The zero-order chi connectivity index (χ0) is 23.9. The van der Waals surface area contributed by atoms with Crippen LogP contribution in [0.4, 0.5) is 5.69 Å². The molecule has 0 amide bonds. The first kappa shape index (κ1) is 21.7. The maximum atomic E-state index is 11.0. The van der Waals surface area contributed by atoms with Crippen molar-refractivity contribution in [3.05, 3.63) is 102 Å². The van der Waals surface area contributed by atoms with Gasteiger partial charge in [0.2, 0.25) is 0 Å². The van der Waals surface area contributed by atoms with E-state index in [1.165, 1.54) is 0 Å². The van der Waals surface area contributed by atoms with Gasteiger partial charge < -0.3 is 10.2 Å². The van der Waals surface area contributed by atoms with E-state index in [1.807, 2.05) is 72.8 Å². The Morgan fingerprint density at radius 3 is 1.94 bits per heavy atom. The molecule has 0 heterocycles. The van der Waals surface area contributed by atoms with Gasteiger partial charge in [-0.3, -0.25) is 4.99 Å². The SMILES string of the molecule is CC(C)(C)c1cccc(C=Nc2ccc3ccccc3c2-c2c(O)ccc3ccccc23)c1O. The van der Waals surface area contributed by atoms with E-state index in [0.29, 0.717) is 5.56 Å². The maximum Gasteiger partial charge on any atom is 0.128 e. The molecule has 0 aromatic heterocycles. The van der Waals surface area contributed by atoms with Gasteiger partial charge in [0.15, 0.2) is 0 Å². The number of hydrogen-bond donors (Lipinski definition) is 2. The molecule has 5 aromatic rings. The normalized spacial score (nSPS) is 12.1. The van der Waals surface area contributed by atoms with Crippen LogP contribution in [-0.4, -0.2) is 16.4 Å². The summed E-state index contributed by atoms with van der Waals surface area (Å²) in [6.07, 6.45) is 1.71. The maximum absolute atomic E-state index is 11.0. The number of benzene rings is 5. The minimum Gasteiger partial charge on any atom is -0.507 e. The average Bonchev–Trinajstić information content (AvgIpc) is 2.83. The molecule has 0 saturated carbocycles. The van der Waals surface area contributed by atoms with Gasteiger partial charge >= 0.3 is 0 Å². The highest BCUT2D eigenvalue weighted by Crippen LogP contribution is 2.45. The van der Waals surface area contributed by atoms with E-state index in [2.05, 4.69) is 32.9 Å². The summed E-state index contributed by atoms with van der Waals surface area (Å²) in [5, 5.41) is 26.0. The van der Waals surface area contributed by atoms with Crippen LogP contribution in [0.25, 0.3) is 32.7 Å². The molecule has 3 nitrogen and oxygen atoms in total. The number of nitrogens with zero attached hydrogens (tertiary/aromatic N) is 1. The molecule has 0 aliphatic heterocycles. The van der Waals surface area contributed by atoms with Gasteiger partial charge in [-0.15, -0.1) is 0 Å². The van der Waals surface area contributed by atoms with Crippen LogP contribution in [0.2, 0.25) is 0 Å². The van der Waals surface area contributed by atoms with Gasteiger partial charge in [0, 0.05) is 22.9 Å². The Bertz CT molecular complexity index is 1560. The number of para-hydroxylation sites is 1. The van der Waals surface area contributed by atoms with Crippen LogP contribution in [-0.2, 0) is 5.41 Å². The van der Waals surface area contributed by atoms with Gasteiger partial charge in [-0.1, -0.05) is 93.6 Å². The Balaban J connectivity index is 1.76. The second kappa shape index (κ2) is 8.35. The summed E-state index contributed by atoms with van der Waals surface area (Å²) >= 11 is 0. The summed E-state index contributed by atoms with van der Waals surface area (Å²) in [5.41, 5.74) is 3.71. The molecular formula is C31H27NO2. The number of hydrogen-bond acceptors (Lipinski definition) is 3. The monoisotopic (exact) mass is 445 g/mol. The van der Waals surface area contributed by atoms with Crippen LogP contribution in [0.5, 0.6) is 11.5 Å². The Kier molecular flexibility index (Phi) is 5.33. The zero-order valence-electron chi connectivity index (χ0n) is 19.6. The first-order chi connectivity index (χ1) is 16.3. The molecule has 34 heavy (non-hydrogen) atoms. The topological polar surface area (TPSA) is 52.8 Å². The lowest BCUT2D eigenvalue weighted by atomic mass is 9.85. The van der Waals surface area contributed by atoms with Crippen molar-refractivity contribution < 1.29 is 10.2 Å². The van der Waals surface area contributed by atoms with Gasteiger partial charge in [0.25, 0.3) is 0 Å². The van der Waals surface area contributed by atoms with E-state index in [0.717, 1.165) is 43.9 Å². The first-order valence-electron chi connectivity index (χ1n) is 11.4. The fourth-order valence-electron chi connectivity index (χ4n) is 4.56. The third kappa shape index (κ3) is 3.80. The lowest BCUT2D eigenvalue weighted by Crippen LogP contribution is -2.11. The van der Waals surface area contributed by atoms with E-state index >= 15 is 0 Å². The third-order valence-electron chi connectivity index (χ3n) is 6.28. The van der Waals surface area contributed by atoms with Crippen molar-refractivity contribution in [3.8, 4) is 22.6 Å². The smallest absolute Gasteiger partial charge is 0.128 e. The molecule has 3 heteroatoms. The molecule has 2 N–H and O–H groups in total. The van der Waals surface area contributed by atoms with Gasteiger partial charge in [-0.2, -0.15) is 0 Å². The molecule has 5 aromatic carbocycles. The largest absolute Gasteiger partial charge is 0.507 e. The number of aromatic hydroxyl groups is 2. The highest BCUT2D eigenvalue weighted by atomic mass is 16.3. The van der Waals surface area contributed by atoms with Crippen molar-refractivity contribution >= 4 is 33.4 Å². The molecule has 0 aliphatic rings. The highest BCUT2D eigenvalue weighted by Gasteiger charge is 2.20. The summed E-state index contributed by atoms with van der Waals surface area (Å²) < 4.78 is 0. The van der Waals surface area contributed by atoms with E-state index in [-0.39, 0.29) is 16.9 Å². The number of aliphatic imine (C=N–C) groups is 1. The van der Waals surface area contributed by atoms with Gasteiger partial charge in [-0.25, -0.2) is 0 Å². The number of fused-ring (bicyclic) bond motifs is 2. The van der Waals surface area contributed by atoms with Crippen molar-refractivity contribution in [2.45, 2.75) is 26.2 Å². The average molecular weight is 446 g/mol. The van der Waals surface area contributed by atoms with E-state index in [9.17, 15) is 10.2 Å². The van der Waals surface area contributed by atoms with Gasteiger partial charge in [-0.05, 0) is 50.7 Å². The van der Waals surface area contributed by atoms with Crippen molar-refractivity contribution in [2.24, 2.45) is 4.99 Å². The van der Waals surface area contributed by atoms with Gasteiger partial charge in [0.05, 0.1) is 5.69 Å². The molecular weight excluding hydrogens is 418 g/mol. The van der Waals surface area contributed by atoms with Crippen molar-refractivity contribution in [2.75, 3.05) is 0 Å². The zero-order valence-corrected chi connectivity index (χ0v) is 19.6. The molecule has 0 aliphatic carbocycles. The molecule has 0 atom stereocenters. The van der Waals surface area contributed by atoms with Crippen LogP contribution >= 0.6 is 0 Å². The molecule has 5 rings (SSSR count). The lowest BCUT2D eigenvalue weighted by molar-refractivity contribution is 0.446. The minimum atomic E-state index is -0.184. The van der Waals surface area contributed by atoms with Crippen molar-refractivity contribution in [1.29, 1.82) is 0 Å². The van der Waals surface area contributed by atoms with E-state index in [4.69, 9.17) is 4.99 Å². The van der Waals surface area contributed by atoms with Crippen LogP contribution in [0.1, 0.15) is 31.9 Å². The molecule has 0 spiro atoms. The second-order valence-electron chi connectivity index (χ2n) is 9.61. The predicted molar refractivity (Wildman–Crippen MR) is 143 cm³/mol. The summed E-state index contributed by atoms with van der Waals surface area (Å²) in [5.74, 6) is 0.457. The van der Waals surface area contributed by atoms with Crippen molar-refractivity contribution in [1.82, 2.24) is 0 Å². The van der Waals surface area contributed by atoms with Gasteiger partial charge in [0.1, 0.15) is 11.5 Å². The summed E-state index contributed by atoms with van der Waals surface area (Å²) in [4.78, 5) is 4.84. The fourth-order valence-corrected chi connectivity index (χ4v) is 4.56. The molecule has 0 unspecified atom stereocenters. The van der Waals surface area contributed by atoms with Crippen LogP contribution in [0.3, 0.4) is 0 Å². The number of phenols is 2. The predicted octanol–water partition coefficient (Wildman–Crippen LogP) is 8.12. The molecule has 0 bridgehead atoms. The number of phenolic OH excluding ortho intramolecular Hbond substituents is 2. The Hall–Kier alpha value is -4.11. The van der Waals surface area contributed by atoms with E-state index in [1.54, 1.807) is 12.3 Å². The first-order valence-corrected chi connectivity index (χ1v) is 11.4. The van der Waals surface area contributed by atoms with E-state index < -0.39 is 0 Å².